The largest absolute Gasteiger partial charge is 0.388 e. The highest BCUT2D eigenvalue weighted by molar-refractivity contribution is 5.16. The molecule has 1 unspecified atom stereocenters. The molecular weight excluding hydrogens is 188 g/mol. The molecule has 78 valence electrons. The summed E-state index contributed by atoms with van der Waals surface area (Å²) in [5.41, 5.74) is 0.970. The summed E-state index contributed by atoms with van der Waals surface area (Å²) < 4.78 is 1.96. The van der Waals surface area contributed by atoms with Crippen LogP contribution in [0.2, 0.25) is 0 Å². The van der Waals surface area contributed by atoms with E-state index in [9.17, 15) is 5.11 Å². The van der Waals surface area contributed by atoms with Crippen LogP contribution in [0.15, 0.2) is 49.1 Å². The lowest BCUT2D eigenvalue weighted by Gasteiger charge is -2.10. The number of nitrogens with zero attached hydrogens (tertiary/aromatic N) is 2. The van der Waals surface area contributed by atoms with Crippen molar-refractivity contribution in [3.8, 4) is 0 Å². The zero-order valence-electron chi connectivity index (χ0n) is 8.45. The minimum Gasteiger partial charge on any atom is -0.388 e. The summed E-state index contributed by atoms with van der Waals surface area (Å²) >= 11 is 0. The number of imidazole rings is 1. The maximum absolute atomic E-state index is 9.89. The van der Waals surface area contributed by atoms with E-state index in [1.54, 1.807) is 12.5 Å². The summed E-state index contributed by atoms with van der Waals surface area (Å²) in [7, 11) is 0. The van der Waals surface area contributed by atoms with Gasteiger partial charge in [0.1, 0.15) is 0 Å². The van der Waals surface area contributed by atoms with Gasteiger partial charge in [0.15, 0.2) is 0 Å². The van der Waals surface area contributed by atoms with Crippen LogP contribution in [0.3, 0.4) is 0 Å². The van der Waals surface area contributed by atoms with Crippen molar-refractivity contribution in [1.29, 1.82) is 0 Å². The zero-order valence-corrected chi connectivity index (χ0v) is 8.45. The molecule has 15 heavy (non-hydrogen) atoms. The maximum Gasteiger partial charge on any atom is 0.0945 e. The van der Waals surface area contributed by atoms with Gasteiger partial charge >= 0.3 is 0 Å². The fourth-order valence-corrected chi connectivity index (χ4v) is 1.53. The second kappa shape index (κ2) is 4.75. The van der Waals surface area contributed by atoms with Gasteiger partial charge in [-0.1, -0.05) is 30.3 Å². The molecule has 0 saturated heterocycles. The van der Waals surface area contributed by atoms with Crippen LogP contribution in [0.1, 0.15) is 18.1 Å². The second-order valence-electron chi connectivity index (χ2n) is 3.52. The predicted molar refractivity (Wildman–Crippen MR) is 58.2 cm³/mol. The molecular formula is C12H14N2O. The van der Waals surface area contributed by atoms with Gasteiger partial charge in [-0.2, -0.15) is 0 Å². The molecule has 2 rings (SSSR count). The van der Waals surface area contributed by atoms with Crippen LogP contribution in [0.5, 0.6) is 0 Å². The number of aliphatic hydroxyl groups excluding tert-OH is 1. The van der Waals surface area contributed by atoms with Crippen molar-refractivity contribution in [1.82, 2.24) is 9.55 Å². The Hall–Kier alpha value is -1.61. The molecule has 0 bridgehead atoms. The average Bonchev–Trinajstić information content (AvgIpc) is 2.80. The highest BCUT2D eigenvalue weighted by atomic mass is 16.3. The Morgan fingerprint density at radius 3 is 2.73 bits per heavy atom. The van der Waals surface area contributed by atoms with Crippen LogP contribution in [0, 0.1) is 0 Å². The third-order valence-electron chi connectivity index (χ3n) is 2.40. The number of hydrogen-bond acceptors (Lipinski definition) is 2. The minimum absolute atomic E-state index is 0.395. The Kier molecular flexibility index (Phi) is 3.15. The molecule has 2 aromatic rings. The smallest absolute Gasteiger partial charge is 0.0945 e. The molecule has 0 amide bonds. The minimum atomic E-state index is -0.395. The Balaban J connectivity index is 1.90. The van der Waals surface area contributed by atoms with Crippen LogP contribution >= 0.6 is 0 Å². The average molecular weight is 202 g/mol. The van der Waals surface area contributed by atoms with Crippen molar-refractivity contribution in [2.75, 3.05) is 0 Å². The number of aryl methyl sites for hydroxylation is 1. The molecule has 3 heteroatoms. The highest BCUT2D eigenvalue weighted by Crippen LogP contribution is 2.16. The third kappa shape index (κ3) is 2.67. The van der Waals surface area contributed by atoms with E-state index in [1.807, 2.05) is 41.1 Å². The van der Waals surface area contributed by atoms with E-state index in [1.165, 1.54) is 0 Å². The first kappa shape index (κ1) is 9.93. The Bertz CT molecular complexity index is 383. The van der Waals surface area contributed by atoms with E-state index in [0.29, 0.717) is 6.42 Å². The first-order chi connectivity index (χ1) is 7.36. The SMILES string of the molecule is OC(CCn1ccnc1)c1ccccc1. The van der Waals surface area contributed by atoms with E-state index in [2.05, 4.69) is 4.98 Å². The topological polar surface area (TPSA) is 38.0 Å². The number of aliphatic hydroxyl groups is 1. The van der Waals surface area contributed by atoms with Crippen LogP contribution in [-0.4, -0.2) is 14.7 Å². The monoisotopic (exact) mass is 202 g/mol. The fraction of sp³-hybridized carbons (Fsp3) is 0.250. The fourth-order valence-electron chi connectivity index (χ4n) is 1.53. The van der Waals surface area contributed by atoms with Gasteiger partial charge in [-0.3, -0.25) is 0 Å². The van der Waals surface area contributed by atoms with Gasteiger partial charge in [0.2, 0.25) is 0 Å². The van der Waals surface area contributed by atoms with Gasteiger partial charge in [0.25, 0.3) is 0 Å². The summed E-state index contributed by atoms with van der Waals surface area (Å²) in [6.45, 7) is 0.788. The van der Waals surface area contributed by atoms with E-state index in [4.69, 9.17) is 0 Å². The highest BCUT2D eigenvalue weighted by Gasteiger charge is 2.05. The number of benzene rings is 1. The standard InChI is InChI=1S/C12H14N2O/c15-12(11-4-2-1-3-5-11)6-8-14-9-7-13-10-14/h1-5,7,9-10,12,15H,6,8H2. The molecule has 0 spiro atoms. The Morgan fingerprint density at radius 2 is 2.07 bits per heavy atom. The first-order valence-corrected chi connectivity index (χ1v) is 5.05. The first-order valence-electron chi connectivity index (χ1n) is 5.05. The lowest BCUT2D eigenvalue weighted by Crippen LogP contribution is -2.03. The quantitative estimate of drug-likeness (QED) is 0.823. The summed E-state index contributed by atoms with van der Waals surface area (Å²) in [4.78, 5) is 3.95. The van der Waals surface area contributed by atoms with Crippen molar-refractivity contribution in [3.05, 3.63) is 54.6 Å². The molecule has 0 aliphatic heterocycles. The normalized spacial score (nSPS) is 12.6. The molecule has 0 fully saturated rings. The van der Waals surface area contributed by atoms with Crippen molar-refractivity contribution >= 4 is 0 Å². The van der Waals surface area contributed by atoms with E-state index in [0.717, 1.165) is 12.1 Å². The molecule has 0 saturated carbocycles. The molecule has 1 N–H and O–H groups in total. The van der Waals surface area contributed by atoms with Gasteiger partial charge in [0, 0.05) is 18.9 Å². The number of rotatable bonds is 4. The lowest BCUT2D eigenvalue weighted by molar-refractivity contribution is 0.161. The van der Waals surface area contributed by atoms with Crippen LogP contribution in [0.4, 0.5) is 0 Å². The molecule has 0 aliphatic rings. The van der Waals surface area contributed by atoms with Crippen molar-refractivity contribution < 1.29 is 5.11 Å². The maximum atomic E-state index is 9.89. The summed E-state index contributed by atoms with van der Waals surface area (Å²) in [5.74, 6) is 0. The molecule has 1 heterocycles. The zero-order chi connectivity index (χ0) is 10.5. The van der Waals surface area contributed by atoms with Gasteiger partial charge in [-0.05, 0) is 12.0 Å². The van der Waals surface area contributed by atoms with E-state index < -0.39 is 6.10 Å². The predicted octanol–water partition coefficient (Wildman–Crippen LogP) is 2.01. The lowest BCUT2D eigenvalue weighted by atomic mass is 10.1. The third-order valence-corrected chi connectivity index (χ3v) is 2.40. The molecule has 3 nitrogen and oxygen atoms in total. The van der Waals surface area contributed by atoms with Gasteiger partial charge in [-0.25, -0.2) is 4.98 Å². The van der Waals surface area contributed by atoms with E-state index >= 15 is 0 Å². The summed E-state index contributed by atoms with van der Waals surface area (Å²) in [5, 5.41) is 9.89. The van der Waals surface area contributed by atoms with E-state index in [-0.39, 0.29) is 0 Å². The van der Waals surface area contributed by atoms with Crippen molar-refractivity contribution in [2.24, 2.45) is 0 Å². The second-order valence-corrected chi connectivity index (χ2v) is 3.52. The summed E-state index contributed by atoms with van der Waals surface area (Å²) in [6, 6.07) is 9.72. The molecule has 1 aromatic carbocycles. The summed E-state index contributed by atoms with van der Waals surface area (Å²) in [6.07, 6.45) is 5.72. The molecule has 0 aliphatic carbocycles. The van der Waals surface area contributed by atoms with Gasteiger partial charge in [-0.15, -0.1) is 0 Å². The molecule has 1 atom stereocenters. The molecule has 0 radical (unpaired) electrons. The molecule has 1 aromatic heterocycles. The number of aromatic nitrogens is 2. The Morgan fingerprint density at radius 1 is 1.27 bits per heavy atom. The van der Waals surface area contributed by atoms with Crippen LogP contribution in [0.25, 0.3) is 0 Å². The number of hydrogen-bond donors (Lipinski definition) is 1. The van der Waals surface area contributed by atoms with Gasteiger partial charge < -0.3 is 9.67 Å². The van der Waals surface area contributed by atoms with Crippen molar-refractivity contribution in [2.45, 2.75) is 19.1 Å². The van der Waals surface area contributed by atoms with Gasteiger partial charge in [0.05, 0.1) is 12.4 Å². The van der Waals surface area contributed by atoms with Crippen molar-refractivity contribution in [3.63, 3.8) is 0 Å². The Labute approximate surface area is 89.0 Å². The van der Waals surface area contributed by atoms with Crippen LogP contribution in [-0.2, 0) is 6.54 Å². The van der Waals surface area contributed by atoms with Crippen LogP contribution < -0.4 is 0 Å².